The van der Waals surface area contributed by atoms with Gasteiger partial charge >= 0.3 is 0 Å². The number of phenols is 1. The van der Waals surface area contributed by atoms with Crippen LogP contribution in [-0.2, 0) is 0 Å². The van der Waals surface area contributed by atoms with Gasteiger partial charge in [-0.1, -0.05) is 40.2 Å². The number of halogens is 1. The van der Waals surface area contributed by atoms with Gasteiger partial charge in [-0.3, -0.25) is 9.79 Å². The minimum Gasteiger partial charge on any atom is -0.506 e. The summed E-state index contributed by atoms with van der Waals surface area (Å²) in [5, 5.41) is 9.52. The molecule has 0 aromatic heterocycles. The summed E-state index contributed by atoms with van der Waals surface area (Å²) in [5.41, 5.74) is 1.11. The molecule has 0 aliphatic carbocycles. The normalized spacial score (nSPS) is 10.8. The minimum absolute atomic E-state index is 0.00771. The zero-order valence-electron chi connectivity index (χ0n) is 10.1. The Kier molecular flexibility index (Phi) is 4.47. The Hall–Kier alpha value is -1.94. The van der Waals surface area contributed by atoms with Crippen LogP contribution in [0.1, 0.15) is 16.8 Å². The Balaban J connectivity index is 2.01. The first-order valence-corrected chi connectivity index (χ1v) is 6.55. The molecule has 4 heteroatoms. The molecule has 0 atom stereocenters. The van der Waals surface area contributed by atoms with Gasteiger partial charge in [0.2, 0.25) is 0 Å². The molecule has 0 aliphatic rings. The van der Waals surface area contributed by atoms with E-state index in [-0.39, 0.29) is 18.0 Å². The average molecular weight is 318 g/mol. The first-order chi connectivity index (χ1) is 9.16. The molecule has 0 heterocycles. The van der Waals surface area contributed by atoms with Crippen LogP contribution in [0.2, 0.25) is 0 Å². The second-order valence-electron chi connectivity index (χ2n) is 3.93. The highest BCUT2D eigenvalue weighted by Gasteiger charge is 2.03. The molecule has 0 unspecified atom stereocenters. The molecule has 19 heavy (non-hydrogen) atoms. The topological polar surface area (TPSA) is 49.7 Å². The summed E-state index contributed by atoms with van der Waals surface area (Å²) in [5.74, 6) is 0.0986. The van der Waals surface area contributed by atoms with E-state index < -0.39 is 0 Å². The van der Waals surface area contributed by atoms with Gasteiger partial charge in [-0.25, -0.2) is 0 Å². The third-order valence-electron chi connectivity index (χ3n) is 2.55. The number of aliphatic imine (C=N–C) groups is 1. The molecule has 0 bridgehead atoms. The largest absolute Gasteiger partial charge is 0.506 e. The number of hydrogen-bond donors (Lipinski definition) is 1. The van der Waals surface area contributed by atoms with Crippen molar-refractivity contribution in [1.82, 2.24) is 0 Å². The summed E-state index contributed by atoms with van der Waals surface area (Å²) in [6.07, 6.45) is 1.72. The Morgan fingerprint density at radius 2 is 1.84 bits per heavy atom. The van der Waals surface area contributed by atoms with E-state index in [0.717, 1.165) is 4.47 Å². The standard InChI is InChI=1S/C15H12BrNO2/c16-12-7-5-11(6-8-12)14(18)9-10-17-13-3-1-2-4-15(13)19/h1-8,10,19H,9H2. The van der Waals surface area contributed by atoms with Crippen molar-refractivity contribution in [1.29, 1.82) is 0 Å². The van der Waals surface area contributed by atoms with Crippen molar-refractivity contribution in [2.24, 2.45) is 4.99 Å². The van der Waals surface area contributed by atoms with Gasteiger partial charge in [0.25, 0.3) is 0 Å². The van der Waals surface area contributed by atoms with Crippen LogP contribution in [0.5, 0.6) is 5.75 Å². The van der Waals surface area contributed by atoms with E-state index >= 15 is 0 Å². The van der Waals surface area contributed by atoms with Crippen molar-refractivity contribution in [3.63, 3.8) is 0 Å². The van der Waals surface area contributed by atoms with Crippen LogP contribution in [-0.4, -0.2) is 17.1 Å². The van der Waals surface area contributed by atoms with E-state index in [1.807, 2.05) is 12.1 Å². The molecular weight excluding hydrogens is 306 g/mol. The van der Waals surface area contributed by atoms with Crippen LogP contribution in [0.3, 0.4) is 0 Å². The van der Waals surface area contributed by atoms with E-state index in [4.69, 9.17) is 0 Å². The van der Waals surface area contributed by atoms with Crippen LogP contribution in [0.4, 0.5) is 5.69 Å². The smallest absolute Gasteiger partial charge is 0.168 e. The first-order valence-electron chi connectivity index (χ1n) is 5.76. The van der Waals surface area contributed by atoms with Crippen molar-refractivity contribution in [3.05, 3.63) is 58.6 Å². The highest BCUT2D eigenvalue weighted by Crippen LogP contribution is 2.24. The highest BCUT2D eigenvalue weighted by atomic mass is 79.9. The summed E-state index contributed by atoms with van der Waals surface area (Å²) < 4.78 is 0.937. The number of ketones is 1. The van der Waals surface area contributed by atoms with E-state index in [0.29, 0.717) is 11.3 Å². The Morgan fingerprint density at radius 3 is 2.53 bits per heavy atom. The zero-order chi connectivity index (χ0) is 13.7. The Labute approximate surface area is 119 Å². The maximum absolute atomic E-state index is 11.9. The molecule has 2 aromatic carbocycles. The second-order valence-corrected chi connectivity index (χ2v) is 4.85. The summed E-state index contributed by atoms with van der Waals surface area (Å²) in [4.78, 5) is 15.9. The predicted molar refractivity (Wildman–Crippen MR) is 79.3 cm³/mol. The number of para-hydroxylation sites is 2. The lowest BCUT2D eigenvalue weighted by atomic mass is 10.1. The lowest BCUT2D eigenvalue weighted by molar-refractivity contribution is 0.100. The molecule has 3 nitrogen and oxygen atoms in total. The number of nitrogens with zero attached hydrogens (tertiary/aromatic N) is 1. The minimum atomic E-state index is -0.00771. The third-order valence-corrected chi connectivity index (χ3v) is 3.08. The molecule has 0 saturated heterocycles. The molecule has 0 fully saturated rings. The molecule has 0 saturated carbocycles. The van der Waals surface area contributed by atoms with Crippen molar-refractivity contribution < 1.29 is 9.90 Å². The van der Waals surface area contributed by atoms with Crippen LogP contribution >= 0.6 is 15.9 Å². The van der Waals surface area contributed by atoms with Gasteiger partial charge in [0.15, 0.2) is 5.78 Å². The SMILES string of the molecule is O=C(CC=Nc1ccccc1O)c1ccc(Br)cc1. The maximum atomic E-state index is 11.9. The van der Waals surface area contributed by atoms with Gasteiger partial charge in [-0.05, 0) is 24.3 Å². The number of carbonyl (C=O) groups is 1. The van der Waals surface area contributed by atoms with E-state index in [1.54, 1.807) is 36.4 Å². The van der Waals surface area contributed by atoms with Gasteiger partial charge in [0.1, 0.15) is 11.4 Å². The van der Waals surface area contributed by atoms with Gasteiger partial charge in [0.05, 0.1) is 0 Å². The number of carbonyl (C=O) groups excluding carboxylic acids is 1. The summed E-state index contributed by atoms with van der Waals surface area (Å²) >= 11 is 3.32. The lowest BCUT2D eigenvalue weighted by Gasteiger charge is -1.98. The number of Topliss-reactive ketones (excluding diaryl/α,β-unsaturated/α-hetero) is 1. The Bertz CT molecular complexity index is 606. The molecular formula is C15H12BrNO2. The van der Waals surface area contributed by atoms with Gasteiger partial charge < -0.3 is 5.11 Å². The third kappa shape index (κ3) is 3.76. The lowest BCUT2D eigenvalue weighted by Crippen LogP contribution is -1.98. The van der Waals surface area contributed by atoms with Crippen molar-refractivity contribution in [2.75, 3.05) is 0 Å². The molecule has 0 aliphatic heterocycles. The molecule has 0 radical (unpaired) electrons. The maximum Gasteiger partial charge on any atom is 0.168 e. The monoisotopic (exact) mass is 317 g/mol. The van der Waals surface area contributed by atoms with Gasteiger partial charge in [0, 0.05) is 22.7 Å². The second kappa shape index (κ2) is 6.29. The quantitative estimate of drug-likeness (QED) is 0.681. The van der Waals surface area contributed by atoms with Gasteiger partial charge in [-0.2, -0.15) is 0 Å². The predicted octanol–water partition coefficient (Wildman–Crippen LogP) is 4.13. The fourth-order valence-corrected chi connectivity index (χ4v) is 1.82. The average Bonchev–Trinajstić information content (AvgIpc) is 2.41. The van der Waals surface area contributed by atoms with Crippen LogP contribution in [0.15, 0.2) is 58.0 Å². The number of phenolic OH excluding ortho intramolecular Hbond substituents is 1. The summed E-state index contributed by atoms with van der Waals surface area (Å²) in [6.45, 7) is 0. The fourth-order valence-electron chi connectivity index (χ4n) is 1.55. The number of hydrogen-bond acceptors (Lipinski definition) is 3. The number of benzene rings is 2. The van der Waals surface area contributed by atoms with Gasteiger partial charge in [-0.15, -0.1) is 0 Å². The van der Waals surface area contributed by atoms with Crippen molar-refractivity contribution in [3.8, 4) is 5.75 Å². The van der Waals surface area contributed by atoms with E-state index in [1.165, 1.54) is 6.21 Å². The van der Waals surface area contributed by atoms with Crippen LogP contribution < -0.4 is 0 Å². The summed E-state index contributed by atoms with van der Waals surface area (Å²) in [6, 6.07) is 13.9. The Morgan fingerprint density at radius 1 is 1.16 bits per heavy atom. The van der Waals surface area contributed by atoms with E-state index in [9.17, 15) is 9.90 Å². The molecule has 0 spiro atoms. The fraction of sp³-hybridized carbons (Fsp3) is 0.0667. The first kappa shape index (κ1) is 13.5. The highest BCUT2D eigenvalue weighted by molar-refractivity contribution is 9.10. The van der Waals surface area contributed by atoms with Crippen LogP contribution in [0, 0.1) is 0 Å². The van der Waals surface area contributed by atoms with E-state index in [2.05, 4.69) is 20.9 Å². The number of aromatic hydroxyl groups is 1. The molecule has 1 N–H and O–H groups in total. The van der Waals surface area contributed by atoms with Crippen molar-refractivity contribution >= 4 is 33.6 Å². The molecule has 96 valence electrons. The molecule has 2 rings (SSSR count). The van der Waals surface area contributed by atoms with Crippen LogP contribution in [0.25, 0.3) is 0 Å². The number of rotatable bonds is 4. The summed E-state index contributed by atoms with van der Waals surface area (Å²) in [7, 11) is 0. The zero-order valence-corrected chi connectivity index (χ0v) is 11.7. The molecule has 2 aromatic rings. The molecule has 0 amide bonds. The van der Waals surface area contributed by atoms with Crippen molar-refractivity contribution in [2.45, 2.75) is 6.42 Å².